The number of rotatable bonds is 8. The second-order valence-corrected chi connectivity index (χ2v) is 3.93. The van der Waals surface area contributed by atoms with Crippen molar-refractivity contribution in [2.75, 3.05) is 19.8 Å². The van der Waals surface area contributed by atoms with Crippen LogP contribution in [0.15, 0.2) is 24.3 Å². The molecule has 0 radical (unpaired) electrons. The van der Waals surface area contributed by atoms with Gasteiger partial charge in [0.25, 0.3) is 5.91 Å². The lowest BCUT2D eigenvalue weighted by Crippen LogP contribution is -2.33. The van der Waals surface area contributed by atoms with Gasteiger partial charge in [-0.1, -0.05) is 12.1 Å². The molecular formula is C12H14F4N2O3. The van der Waals surface area contributed by atoms with E-state index in [-0.39, 0.29) is 24.5 Å². The molecule has 0 heterocycles. The van der Waals surface area contributed by atoms with Gasteiger partial charge in [-0.05, 0) is 12.1 Å². The van der Waals surface area contributed by atoms with Crippen LogP contribution in [0.25, 0.3) is 0 Å². The molecule has 0 aromatic heterocycles. The average molecular weight is 310 g/mol. The number of nitrogens with two attached hydrogens (primary N) is 1. The van der Waals surface area contributed by atoms with Gasteiger partial charge in [-0.15, -0.1) is 0 Å². The van der Waals surface area contributed by atoms with Crippen molar-refractivity contribution in [1.82, 2.24) is 5.43 Å². The van der Waals surface area contributed by atoms with Crippen LogP contribution in [0.1, 0.15) is 10.4 Å². The van der Waals surface area contributed by atoms with E-state index in [0.717, 1.165) is 0 Å². The van der Waals surface area contributed by atoms with E-state index >= 15 is 0 Å². The second kappa shape index (κ2) is 7.79. The lowest BCUT2D eigenvalue weighted by Gasteiger charge is -2.15. The molecule has 0 fully saturated rings. The van der Waals surface area contributed by atoms with Gasteiger partial charge >= 0.3 is 12.3 Å². The monoisotopic (exact) mass is 310 g/mol. The third-order valence-electron chi connectivity index (χ3n) is 2.36. The molecule has 0 aliphatic carbocycles. The number of carbonyl (C=O) groups is 1. The molecule has 118 valence electrons. The van der Waals surface area contributed by atoms with Gasteiger partial charge in [0, 0.05) is 0 Å². The van der Waals surface area contributed by atoms with Gasteiger partial charge in [-0.2, -0.15) is 8.78 Å². The number of alkyl halides is 4. The quantitative estimate of drug-likeness (QED) is 0.251. The number of amides is 1. The Morgan fingerprint density at radius 3 is 2.57 bits per heavy atom. The van der Waals surface area contributed by atoms with Crippen LogP contribution >= 0.6 is 0 Å². The van der Waals surface area contributed by atoms with E-state index in [1.165, 1.54) is 12.1 Å². The SMILES string of the molecule is NNC(=O)c1ccccc1OCCOCC(F)(F)C(F)F. The molecular weight excluding hydrogens is 296 g/mol. The maximum Gasteiger partial charge on any atom is 0.330 e. The molecule has 3 N–H and O–H groups in total. The maximum absolute atomic E-state index is 12.5. The first-order valence-electron chi connectivity index (χ1n) is 5.85. The fourth-order valence-corrected chi connectivity index (χ4v) is 1.34. The number of hydrogen-bond acceptors (Lipinski definition) is 4. The molecule has 0 saturated carbocycles. The van der Waals surface area contributed by atoms with Crippen LogP contribution in [0, 0.1) is 0 Å². The summed E-state index contributed by atoms with van der Waals surface area (Å²) in [6, 6.07) is 6.09. The van der Waals surface area contributed by atoms with Crippen LogP contribution in [0.2, 0.25) is 0 Å². The molecule has 0 spiro atoms. The number of nitrogens with one attached hydrogen (secondary N) is 1. The largest absolute Gasteiger partial charge is 0.490 e. The lowest BCUT2D eigenvalue weighted by molar-refractivity contribution is -0.166. The normalized spacial score (nSPS) is 11.5. The Kier molecular flexibility index (Phi) is 6.38. The van der Waals surface area contributed by atoms with E-state index in [1.807, 2.05) is 5.43 Å². The summed E-state index contributed by atoms with van der Waals surface area (Å²) in [4.78, 5) is 11.4. The summed E-state index contributed by atoms with van der Waals surface area (Å²) in [7, 11) is 0. The predicted octanol–water partition coefficient (Wildman–Crippen LogP) is 1.59. The summed E-state index contributed by atoms with van der Waals surface area (Å²) >= 11 is 0. The summed E-state index contributed by atoms with van der Waals surface area (Å²) < 4.78 is 58.3. The van der Waals surface area contributed by atoms with Crippen molar-refractivity contribution in [1.29, 1.82) is 0 Å². The van der Waals surface area contributed by atoms with Gasteiger partial charge in [0.2, 0.25) is 0 Å². The summed E-state index contributed by atoms with van der Waals surface area (Å²) in [5.41, 5.74) is 2.07. The highest BCUT2D eigenvalue weighted by molar-refractivity contribution is 5.96. The van der Waals surface area contributed by atoms with Gasteiger partial charge in [0.1, 0.15) is 19.0 Å². The summed E-state index contributed by atoms with van der Waals surface area (Å²) in [5.74, 6) is 0.378. The Hall–Kier alpha value is -1.87. The first-order valence-corrected chi connectivity index (χ1v) is 5.85. The van der Waals surface area contributed by atoms with Crippen molar-refractivity contribution in [3.8, 4) is 5.75 Å². The van der Waals surface area contributed by atoms with Gasteiger partial charge in [0.15, 0.2) is 0 Å². The topological polar surface area (TPSA) is 73.6 Å². The molecule has 21 heavy (non-hydrogen) atoms. The average Bonchev–Trinajstić information content (AvgIpc) is 2.46. The number of halogens is 4. The molecule has 0 aliphatic rings. The maximum atomic E-state index is 12.5. The molecule has 0 saturated heterocycles. The fraction of sp³-hybridized carbons (Fsp3) is 0.417. The van der Waals surface area contributed by atoms with E-state index in [4.69, 9.17) is 10.6 Å². The molecule has 1 aromatic rings. The molecule has 0 aliphatic heterocycles. The van der Waals surface area contributed by atoms with Crippen LogP contribution in [0.4, 0.5) is 17.6 Å². The molecule has 0 bridgehead atoms. The van der Waals surface area contributed by atoms with Crippen LogP contribution < -0.4 is 16.0 Å². The van der Waals surface area contributed by atoms with E-state index < -0.39 is 24.9 Å². The molecule has 0 atom stereocenters. The first-order chi connectivity index (χ1) is 9.88. The number of para-hydroxylation sites is 1. The molecule has 1 aromatic carbocycles. The zero-order chi connectivity index (χ0) is 15.9. The van der Waals surface area contributed by atoms with Gasteiger partial charge in [-0.25, -0.2) is 14.6 Å². The van der Waals surface area contributed by atoms with E-state index in [1.54, 1.807) is 12.1 Å². The molecule has 0 unspecified atom stereocenters. The van der Waals surface area contributed by atoms with Crippen LogP contribution in [0.3, 0.4) is 0 Å². The number of ether oxygens (including phenoxy) is 2. The lowest BCUT2D eigenvalue weighted by atomic mass is 10.2. The van der Waals surface area contributed by atoms with Gasteiger partial charge < -0.3 is 9.47 Å². The summed E-state index contributed by atoms with van der Waals surface area (Å²) in [6.45, 7) is -1.92. The van der Waals surface area contributed by atoms with Crippen molar-refractivity contribution in [2.45, 2.75) is 12.3 Å². The minimum absolute atomic E-state index is 0.151. The highest BCUT2D eigenvalue weighted by Crippen LogP contribution is 2.23. The van der Waals surface area contributed by atoms with Gasteiger partial charge in [-0.3, -0.25) is 10.2 Å². The number of hydrazine groups is 1. The predicted molar refractivity (Wildman–Crippen MR) is 65.4 cm³/mol. The zero-order valence-corrected chi connectivity index (χ0v) is 10.8. The highest BCUT2D eigenvalue weighted by atomic mass is 19.3. The van der Waals surface area contributed by atoms with Crippen LogP contribution in [-0.2, 0) is 4.74 Å². The molecule has 1 rings (SSSR count). The number of benzene rings is 1. The van der Waals surface area contributed by atoms with E-state index in [2.05, 4.69) is 4.74 Å². The Morgan fingerprint density at radius 1 is 1.29 bits per heavy atom. The fourth-order valence-electron chi connectivity index (χ4n) is 1.34. The third-order valence-corrected chi connectivity index (χ3v) is 2.36. The second-order valence-electron chi connectivity index (χ2n) is 3.93. The van der Waals surface area contributed by atoms with Crippen LogP contribution in [-0.4, -0.2) is 38.1 Å². The molecule has 5 nitrogen and oxygen atoms in total. The number of nitrogen functional groups attached to an aromatic ring is 1. The Bertz CT molecular complexity index is 472. The number of carbonyl (C=O) groups excluding carboxylic acids is 1. The zero-order valence-electron chi connectivity index (χ0n) is 10.8. The first kappa shape index (κ1) is 17.2. The minimum Gasteiger partial charge on any atom is -0.490 e. The standard InChI is InChI=1S/C12H14F4N2O3/c13-11(14)12(15,16)7-20-5-6-21-9-4-2-1-3-8(9)10(19)18-17/h1-4,11H,5-7,17H2,(H,18,19). The van der Waals surface area contributed by atoms with Gasteiger partial charge in [0.05, 0.1) is 12.2 Å². The smallest absolute Gasteiger partial charge is 0.330 e. The Labute approximate surface area is 118 Å². The Balaban J connectivity index is 2.42. The van der Waals surface area contributed by atoms with Crippen LogP contribution in [0.5, 0.6) is 5.75 Å². The van der Waals surface area contributed by atoms with E-state index in [9.17, 15) is 22.4 Å². The third kappa shape index (κ3) is 5.20. The van der Waals surface area contributed by atoms with Crippen molar-refractivity contribution >= 4 is 5.91 Å². The van der Waals surface area contributed by atoms with Crippen molar-refractivity contribution in [3.05, 3.63) is 29.8 Å². The summed E-state index contributed by atoms with van der Waals surface area (Å²) in [5, 5.41) is 0. The highest BCUT2D eigenvalue weighted by Gasteiger charge is 2.40. The Morgan fingerprint density at radius 2 is 1.95 bits per heavy atom. The van der Waals surface area contributed by atoms with Crippen molar-refractivity contribution in [2.24, 2.45) is 5.84 Å². The van der Waals surface area contributed by atoms with E-state index in [0.29, 0.717) is 0 Å². The van der Waals surface area contributed by atoms with Crippen molar-refractivity contribution < 1.29 is 31.8 Å². The number of hydrogen-bond donors (Lipinski definition) is 2. The summed E-state index contributed by atoms with van der Waals surface area (Å²) in [6.07, 6.45) is -3.78. The molecule has 1 amide bonds. The van der Waals surface area contributed by atoms with Crippen molar-refractivity contribution in [3.63, 3.8) is 0 Å². The molecule has 9 heteroatoms. The minimum atomic E-state index is -4.20.